The molecule has 0 aliphatic heterocycles. The molecule has 6 heteroatoms. The molecule has 2 rings (SSSR count). The Morgan fingerprint density at radius 2 is 1.67 bits per heavy atom. The van der Waals surface area contributed by atoms with Crippen LogP contribution in [0.1, 0.15) is 35.8 Å². The average molecular weight is 329 g/mol. The van der Waals surface area contributed by atoms with Gasteiger partial charge in [-0.2, -0.15) is 0 Å². The third-order valence-corrected chi connectivity index (χ3v) is 3.70. The van der Waals surface area contributed by atoms with E-state index in [0.717, 1.165) is 0 Å². The van der Waals surface area contributed by atoms with Crippen LogP contribution in [-0.2, 0) is 4.79 Å². The summed E-state index contributed by atoms with van der Waals surface area (Å²) in [5.41, 5.74) is 6.59. The van der Waals surface area contributed by atoms with Crippen LogP contribution >= 0.6 is 0 Å². The second-order valence-electron chi connectivity index (χ2n) is 5.56. The van der Waals surface area contributed by atoms with Gasteiger partial charge >= 0.3 is 0 Å². The van der Waals surface area contributed by atoms with E-state index in [0.29, 0.717) is 16.8 Å². The number of amides is 2. The first-order chi connectivity index (χ1) is 11.4. The molecule has 5 nitrogen and oxygen atoms in total. The Morgan fingerprint density at radius 3 is 2.25 bits per heavy atom. The molecule has 2 aromatic rings. The number of carbonyl (C=O) groups is 2. The average Bonchev–Trinajstić information content (AvgIpc) is 2.55. The lowest BCUT2D eigenvalue weighted by molar-refractivity contribution is -0.117. The highest BCUT2D eigenvalue weighted by atomic mass is 19.1. The number of carbonyl (C=O) groups excluding carboxylic acids is 2. The lowest BCUT2D eigenvalue weighted by Gasteiger charge is -2.20. The Morgan fingerprint density at radius 1 is 1.04 bits per heavy atom. The van der Waals surface area contributed by atoms with Crippen LogP contribution in [0.25, 0.3) is 0 Å². The van der Waals surface area contributed by atoms with Gasteiger partial charge in [0.2, 0.25) is 11.8 Å². The Hall–Kier alpha value is -2.73. The van der Waals surface area contributed by atoms with Crippen LogP contribution in [0.3, 0.4) is 0 Å². The normalized spacial score (nSPS) is 13.1. The molecule has 0 aliphatic carbocycles. The number of halogens is 1. The molecule has 0 saturated carbocycles. The third-order valence-electron chi connectivity index (χ3n) is 3.70. The number of rotatable bonds is 6. The molecule has 0 aromatic heterocycles. The van der Waals surface area contributed by atoms with Crippen LogP contribution in [0.2, 0.25) is 0 Å². The Kier molecular flexibility index (Phi) is 5.65. The zero-order chi connectivity index (χ0) is 17.7. The van der Waals surface area contributed by atoms with Crippen molar-refractivity contribution < 1.29 is 14.0 Å². The van der Waals surface area contributed by atoms with Gasteiger partial charge in [0.1, 0.15) is 5.82 Å². The number of nitrogens with two attached hydrogens (primary N) is 1. The predicted octanol–water partition coefficient (Wildman–Crippen LogP) is 2.60. The Labute approximate surface area is 140 Å². The van der Waals surface area contributed by atoms with Gasteiger partial charge in [-0.25, -0.2) is 4.39 Å². The van der Waals surface area contributed by atoms with E-state index in [-0.39, 0.29) is 17.8 Å². The van der Waals surface area contributed by atoms with Gasteiger partial charge in [-0.05, 0) is 44.2 Å². The van der Waals surface area contributed by atoms with Crippen LogP contribution in [0.5, 0.6) is 0 Å². The maximum Gasteiger partial charge on any atom is 0.248 e. The second-order valence-corrected chi connectivity index (χ2v) is 5.56. The molecule has 0 fully saturated rings. The topological polar surface area (TPSA) is 84.2 Å². The van der Waals surface area contributed by atoms with E-state index in [1.54, 1.807) is 44.2 Å². The minimum absolute atomic E-state index is 0.259. The van der Waals surface area contributed by atoms with E-state index in [1.807, 2.05) is 0 Å². The molecule has 0 saturated heterocycles. The summed E-state index contributed by atoms with van der Waals surface area (Å²) in [5.74, 6) is -1.10. The van der Waals surface area contributed by atoms with Crippen LogP contribution in [0, 0.1) is 5.82 Å². The first kappa shape index (κ1) is 17.6. The minimum atomic E-state index is -0.532. The summed E-state index contributed by atoms with van der Waals surface area (Å²) in [6.07, 6.45) is 0. The molecule has 0 heterocycles. The van der Waals surface area contributed by atoms with Crippen molar-refractivity contribution in [2.24, 2.45) is 5.73 Å². The van der Waals surface area contributed by atoms with Crippen LogP contribution in [-0.4, -0.2) is 17.9 Å². The van der Waals surface area contributed by atoms with E-state index in [1.165, 1.54) is 18.2 Å². The van der Waals surface area contributed by atoms with Crippen molar-refractivity contribution in [3.63, 3.8) is 0 Å². The van der Waals surface area contributed by atoms with Crippen molar-refractivity contribution in [3.8, 4) is 0 Å². The van der Waals surface area contributed by atoms with Gasteiger partial charge in [0, 0.05) is 22.9 Å². The molecule has 0 aliphatic rings. The number of hydrogen-bond donors (Lipinski definition) is 3. The molecule has 2 aromatic carbocycles. The molecule has 0 bridgehead atoms. The van der Waals surface area contributed by atoms with Crippen molar-refractivity contribution in [2.75, 3.05) is 5.32 Å². The van der Waals surface area contributed by atoms with Crippen LogP contribution in [0.4, 0.5) is 10.1 Å². The molecule has 24 heavy (non-hydrogen) atoms. The summed E-state index contributed by atoms with van der Waals surface area (Å²) >= 11 is 0. The quantitative estimate of drug-likeness (QED) is 0.761. The number of nitrogens with one attached hydrogen (secondary N) is 2. The number of anilines is 1. The van der Waals surface area contributed by atoms with Gasteiger partial charge in [-0.3, -0.25) is 14.9 Å². The second kappa shape index (κ2) is 7.70. The highest BCUT2D eigenvalue weighted by Crippen LogP contribution is 2.17. The third kappa shape index (κ3) is 4.39. The summed E-state index contributed by atoms with van der Waals surface area (Å²) in [6, 6.07) is 11.9. The van der Waals surface area contributed by atoms with Crippen molar-refractivity contribution in [1.82, 2.24) is 5.32 Å². The summed E-state index contributed by atoms with van der Waals surface area (Å²) in [7, 11) is 0. The predicted molar refractivity (Wildman–Crippen MR) is 91.0 cm³/mol. The maximum absolute atomic E-state index is 13.8. The van der Waals surface area contributed by atoms with Crippen LogP contribution in [0.15, 0.2) is 48.5 Å². The van der Waals surface area contributed by atoms with E-state index in [2.05, 4.69) is 10.6 Å². The summed E-state index contributed by atoms with van der Waals surface area (Å²) in [6.45, 7) is 3.49. The Bertz CT molecular complexity index is 731. The van der Waals surface area contributed by atoms with Gasteiger partial charge in [0.25, 0.3) is 0 Å². The van der Waals surface area contributed by atoms with E-state index in [9.17, 15) is 14.0 Å². The monoisotopic (exact) mass is 329 g/mol. The SMILES string of the molecule is C[C@H](N[C@H](C)C(=O)Nc1ccc(C(N)=O)cc1)c1ccccc1F. The number of primary amides is 1. The zero-order valence-corrected chi connectivity index (χ0v) is 13.5. The van der Waals surface area contributed by atoms with Crippen molar-refractivity contribution in [3.05, 3.63) is 65.5 Å². The molecule has 126 valence electrons. The smallest absolute Gasteiger partial charge is 0.248 e. The van der Waals surface area contributed by atoms with Crippen molar-refractivity contribution in [2.45, 2.75) is 25.9 Å². The molecular weight excluding hydrogens is 309 g/mol. The van der Waals surface area contributed by atoms with E-state index >= 15 is 0 Å². The first-order valence-electron chi connectivity index (χ1n) is 7.59. The fourth-order valence-electron chi connectivity index (χ4n) is 2.34. The van der Waals surface area contributed by atoms with Gasteiger partial charge < -0.3 is 11.1 Å². The molecule has 0 spiro atoms. The van der Waals surface area contributed by atoms with Crippen molar-refractivity contribution >= 4 is 17.5 Å². The van der Waals surface area contributed by atoms with Gasteiger partial charge in [-0.1, -0.05) is 18.2 Å². The fraction of sp³-hybridized carbons (Fsp3) is 0.222. The van der Waals surface area contributed by atoms with Gasteiger partial charge in [0.05, 0.1) is 6.04 Å². The van der Waals surface area contributed by atoms with Gasteiger partial charge in [-0.15, -0.1) is 0 Å². The van der Waals surface area contributed by atoms with Crippen molar-refractivity contribution in [1.29, 1.82) is 0 Å². The van der Waals surface area contributed by atoms with E-state index in [4.69, 9.17) is 5.73 Å². The minimum Gasteiger partial charge on any atom is -0.366 e. The molecule has 2 atom stereocenters. The highest BCUT2D eigenvalue weighted by Gasteiger charge is 2.18. The Balaban J connectivity index is 1.97. The number of hydrogen-bond acceptors (Lipinski definition) is 3. The first-order valence-corrected chi connectivity index (χ1v) is 7.59. The fourth-order valence-corrected chi connectivity index (χ4v) is 2.34. The van der Waals surface area contributed by atoms with Gasteiger partial charge in [0.15, 0.2) is 0 Å². The maximum atomic E-state index is 13.8. The lowest BCUT2D eigenvalue weighted by atomic mass is 10.1. The molecular formula is C18H20FN3O2. The summed E-state index contributed by atoms with van der Waals surface area (Å²) in [5, 5.41) is 5.79. The zero-order valence-electron chi connectivity index (χ0n) is 13.5. The van der Waals surface area contributed by atoms with Crippen LogP contribution < -0.4 is 16.4 Å². The summed E-state index contributed by atoms with van der Waals surface area (Å²) in [4.78, 5) is 23.2. The molecule has 4 N–H and O–H groups in total. The lowest BCUT2D eigenvalue weighted by Crippen LogP contribution is -2.39. The molecule has 0 radical (unpaired) electrons. The highest BCUT2D eigenvalue weighted by molar-refractivity contribution is 5.96. The molecule has 0 unspecified atom stereocenters. The standard InChI is InChI=1S/C18H20FN3O2/c1-11(15-5-3-4-6-16(15)19)21-12(2)18(24)22-14-9-7-13(8-10-14)17(20)23/h3-12,21H,1-2H3,(H2,20,23)(H,22,24)/t11-,12+/m0/s1. The largest absolute Gasteiger partial charge is 0.366 e. The number of benzene rings is 2. The summed E-state index contributed by atoms with van der Waals surface area (Å²) < 4.78 is 13.8. The van der Waals surface area contributed by atoms with E-state index < -0.39 is 11.9 Å². The molecule has 2 amide bonds.